The van der Waals surface area contributed by atoms with E-state index < -0.39 is 0 Å². The summed E-state index contributed by atoms with van der Waals surface area (Å²) >= 11 is 0. The summed E-state index contributed by atoms with van der Waals surface area (Å²) in [5.74, 6) is 0.732. The first-order valence-corrected chi connectivity index (χ1v) is 15.5. The number of hydrogen-bond acceptors (Lipinski definition) is 1. The first kappa shape index (κ1) is 29.4. The third kappa shape index (κ3) is 8.21. The van der Waals surface area contributed by atoms with Crippen LogP contribution in [-0.4, -0.2) is 0 Å². The Bertz CT molecular complexity index is 1230. The molecule has 1 heteroatoms. The van der Waals surface area contributed by atoms with Crippen molar-refractivity contribution in [3.8, 4) is 11.1 Å². The Balaban J connectivity index is 1.54. The second kappa shape index (κ2) is 15.9. The van der Waals surface area contributed by atoms with Crippen molar-refractivity contribution in [2.75, 3.05) is 4.90 Å². The highest BCUT2D eigenvalue weighted by molar-refractivity contribution is 5.78. The molecular weight excluding hydrogens is 482 g/mol. The standard InChI is InChI=1S/C39H47N/c1-4-7-11-18-33(17-8-5-2)36(16-6-3)31-32-23-25-34(26-24-32)35-27-29-39(30-28-35)40(37-19-12-9-13-20-37)38-21-14-10-15-22-38/h9-10,12-15,19-31,33H,4-8,11,16-18H2,1-3H3. The van der Waals surface area contributed by atoms with Gasteiger partial charge in [-0.05, 0) is 78.3 Å². The van der Waals surface area contributed by atoms with Crippen LogP contribution in [0.15, 0.2) is 115 Å². The maximum Gasteiger partial charge on any atom is 0.0462 e. The van der Waals surface area contributed by atoms with Gasteiger partial charge in [-0.1, -0.05) is 144 Å². The molecule has 0 aliphatic rings. The number of allylic oxidation sites excluding steroid dienone is 1. The smallest absolute Gasteiger partial charge is 0.0462 e. The molecule has 0 aliphatic heterocycles. The third-order valence-electron chi connectivity index (χ3n) is 7.88. The zero-order chi connectivity index (χ0) is 28.0. The molecule has 4 rings (SSSR count). The third-order valence-corrected chi connectivity index (χ3v) is 7.88. The largest absolute Gasteiger partial charge is 0.311 e. The molecule has 0 saturated carbocycles. The van der Waals surface area contributed by atoms with Crippen molar-refractivity contribution in [2.24, 2.45) is 5.92 Å². The fourth-order valence-corrected chi connectivity index (χ4v) is 5.68. The lowest BCUT2D eigenvalue weighted by atomic mass is 9.85. The van der Waals surface area contributed by atoms with Gasteiger partial charge in [0, 0.05) is 17.1 Å². The second-order valence-corrected chi connectivity index (χ2v) is 11.0. The zero-order valence-electron chi connectivity index (χ0n) is 24.9. The van der Waals surface area contributed by atoms with E-state index in [1.54, 1.807) is 5.57 Å². The van der Waals surface area contributed by atoms with Crippen molar-refractivity contribution in [2.45, 2.75) is 78.6 Å². The minimum absolute atomic E-state index is 0.732. The highest BCUT2D eigenvalue weighted by atomic mass is 15.1. The Morgan fingerprint density at radius 2 is 1.05 bits per heavy atom. The summed E-state index contributed by atoms with van der Waals surface area (Å²) in [6.07, 6.45) is 14.2. The molecule has 0 aliphatic carbocycles. The SMILES string of the molecule is CCCCCC(CCCC)C(=Cc1ccc(-c2ccc(N(c3ccccc3)c3ccccc3)cc2)cc1)CCC. The summed E-state index contributed by atoms with van der Waals surface area (Å²) in [6, 6.07) is 39.3. The maximum absolute atomic E-state index is 2.50. The van der Waals surface area contributed by atoms with Gasteiger partial charge in [0.15, 0.2) is 0 Å². The topological polar surface area (TPSA) is 3.24 Å². The normalized spacial score (nSPS) is 12.3. The van der Waals surface area contributed by atoms with Crippen molar-refractivity contribution in [1.29, 1.82) is 0 Å². The molecule has 1 unspecified atom stereocenters. The quantitative estimate of drug-likeness (QED) is 0.138. The first-order valence-electron chi connectivity index (χ1n) is 15.5. The van der Waals surface area contributed by atoms with Crippen LogP contribution in [0, 0.1) is 5.92 Å². The van der Waals surface area contributed by atoms with Crippen molar-refractivity contribution >= 4 is 23.1 Å². The second-order valence-electron chi connectivity index (χ2n) is 11.0. The van der Waals surface area contributed by atoms with Gasteiger partial charge in [-0.3, -0.25) is 0 Å². The summed E-state index contributed by atoms with van der Waals surface area (Å²) in [5, 5.41) is 0. The summed E-state index contributed by atoms with van der Waals surface area (Å²) in [4.78, 5) is 2.31. The molecule has 0 radical (unpaired) electrons. The van der Waals surface area contributed by atoms with Crippen molar-refractivity contribution in [3.05, 3.63) is 120 Å². The van der Waals surface area contributed by atoms with E-state index in [0.29, 0.717) is 0 Å². The molecule has 4 aromatic rings. The van der Waals surface area contributed by atoms with Gasteiger partial charge in [0.05, 0.1) is 0 Å². The molecule has 208 valence electrons. The molecule has 0 spiro atoms. The first-order chi connectivity index (χ1) is 19.7. The number of unbranched alkanes of at least 4 members (excludes halogenated alkanes) is 3. The van der Waals surface area contributed by atoms with Gasteiger partial charge in [0.2, 0.25) is 0 Å². The van der Waals surface area contributed by atoms with E-state index in [1.807, 2.05) is 0 Å². The Hall–Kier alpha value is -3.58. The number of nitrogens with zero attached hydrogens (tertiary/aromatic N) is 1. The molecule has 1 nitrogen and oxygen atoms in total. The lowest BCUT2D eigenvalue weighted by molar-refractivity contribution is 0.458. The van der Waals surface area contributed by atoms with Crippen LogP contribution in [0.25, 0.3) is 17.2 Å². The van der Waals surface area contributed by atoms with Crippen molar-refractivity contribution < 1.29 is 0 Å². The average Bonchev–Trinajstić information content (AvgIpc) is 3.01. The number of anilines is 3. The predicted molar refractivity (Wildman–Crippen MR) is 177 cm³/mol. The van der Waals surface area contributed by atoms with Crippen LogP contribution in [0.3, 0.4) is 0 Å². The van der Waals surface area contributed by atoms with Crippen LogP contribution < -0.4 is 4.90 Å². The van der Waals surface area contributed by atoms with Crippen LogP contribution in [0.2, 0.25) is 0 Å². The van der Waals surface area contributed by atoms with Crippen LogP contribution in [0.4, 0.5) is 17.1 Å². The maximum atomic E-state index is 2.50. The van der Waals surface area contributed by atoms with Gasteiger partial charge >= 0.3 is 0 Å². The molecule has 40 heavy (non-hydrogen) atoms. The molecule has 0 amide bonds. The van der Waals surface area contributed by atoms with E-state index in [9.17, 15) is 0 Å². The van der Waals surface area contributed by atoms with Crippen LogP contribution in [-0.2, 0) is 0 Å². The summed E-state index contributed by atoms with van der Waals surface area (Å²) in [7, 11) is 0. The Labute approximate surface area is 243 Å². The molecule has 0 heterocycles. The predicted octanol–water partition coefficient (Wildman–Crippen LogP) is 12.4. The molecule has 0 aromatic heterocycles. The lowest BCUT2D eigenvalue weighted by Gasteiger charge is -2.25. The average molecular weight is 530 g/mol. The molecule has 1 atom stereocenters. The van der Waals surface area contributed by atoms with Gasteiger partial charge in [-0.15, -0.1) is 0 Å². The summed E-state index contributed by atoms with van der Waals surface area (Å²) in [5.41, 5.74) is 8.98. The van der Waals surface area contributed by atoms with E-state index in [0.717, 1.165) is 23.0 Å². The molecular formula is C39H47N. The highest BCUT2D eigenvalue weighted by Gasteiger charge is 2.14. The zero-order valence-corrected chi connectivity index (χ0v) is 24.9. The minimum Gasteiger partial charge on any atom is -0.311 e. The number of rotatable bonds is 15. The molecule has 0 saturated heterocycles. The Morgan fingerprint density at radius 1 is 0.550 bits per heavy atom. The van der Waals surface area contributed by atoms with Gasteiger partial charge in [-0.25, -0.2) is 0 Å². The summed E-state index contributed by atoms with van der Waals surface area (Å²) in [6.45, 7) is 6.94. The molecule has 0 bridgehead atoms. The van der Waals surface area contributed by atoms with Crippen LogP contribution in [0.1, 0.15) is 84.1 Å². The minimum atomic E-state index is 0.732. The molecule has 0 fully saturated rings. The Kier molecular flexibility index (Phi) is 11.7. The monoisotopic (exact) mass is 529 g/mol. The van der Waals surface area contributed by atoms with Crippen molar-refractivity contribution in [1.82, 2.24) is 0 Å². The number of hydrogen-bond donors (Lipinski definition) is 0. The van der Waals surface area contributed by atoms with Crippen LogP contribution in [0.5, 0.6) is 0 Å². The Morgan fingerprint density at radius 3 is 1.57 bits per heavy atom. The van der Waals surface area contributed by atoms with Gasteiger partial charge in [0.25, 0.3) is 0 Å². The number of benzene rings is 4. The summed E-state index contributed by atoms with van der Waals surface area (Å²) < 4.78 is 0. The fourth-order valence-electron chi connectivity index (χ4n) is 5.68. The molecule has 0 N–H and O–H groups in total. The van der Waals surface area contributed by atoms with Crippen LogP contribution >= 0.6 is 0 Å². The van der Waals surface area contributed by atoms with E-state index in [4.69, 9.17) is 0 Å². The van der Waals surface area contributed by atoms with Crippen molar-refractivity contribution in [3.63, 3.8) is 0 Å². The van der Waals surface area contributed by atoms with E-state index in [-0.39, 0.29) is 0 Å². The lowest BCUT2D eigenvalue weighted by Crippen LogP contribution is -2.09. The van der Waals surface area contributed by atoms with Gasteiger partial charge in [-0.2, -0.15) is 0 Å². The fraction of sp³-hybridized carbons (Fsp3) is 0.333. The van der Waals surface area contributed by atoms with E-state index in [2.05, 4.69) is 141 Å². The van der Waals surface area contributed by atoms with Gasteiger partial charge < -0.3 is 4.90 Å². The molecule has 4 aromatic carbocycles. The highest BCUT2D eigenvalue weighted by Crippen LogP contribution is 2.35. The van der Waals surface area contributed by atoms with Gasteiger partial charge in [0.1, 0.15) is 0 Å². The number of para-hydroxylation sites is 2. The van der Waals surface area contributed by atoms with E-state index in [1.165, 1.54) is 74.5 Å². The van der Waals surface area contributed by atoms with E-state index >= 15 is 0 Å².